The molecule has 4 nitrogen and oxygen atoms in total. The average molecular weight is 355 g/mol. The van der Waals surface area contributed by atoms with Crippen molar-refractivity contribution in [2.75, 3.05) is 19.1 Å². The molecule has 0 aliphatic carbocycles. The van der Waals surface area contributed by atoms with Gasteiger partial charge >= 0.3 is 0 Å². The van der Waals surface area contributed by atoms with Crippen LogP contribution in [0.3, 0.4) is 0 Å². The molecule has 0 spiro atoms. The van der Waals surface area contributed by atoms with Gasteiger partial charge in [-0.15, -0.1) is 0 Å². The van der Waals surface area contributed by atoms with E-state index in [0.29, 0.717) is 12.2 Å². The Morgan fingerprint density at radius 2 is 2.10 bits per heavy atom. The van der Waals surface area contributed by atoms with Gasteiger partial charge in [-0.1, -0.05) is 18.5 Å². The number of rotatable bonds is 7. The smallest absolute Gasteiger partial charge is 0.246 e. The van der Waals surface area contributed by atoms with Gasteiger partial charge in [-0.05, 0) is 24.8 Å². The minimum absolute atomic E-state index is 0.0902. The number of nitrogens with zero attached hydrogens (tertiary/aromatic N) is 1. The van der Waals surface area contributed by atoms with Gasteiger partial charge in [0.1, 0.15) is 10.7 Å². The van der Waals surface area contributed by atoms with E-state index >= 15 is 0 Å². The Kier molecular flexibility index (Phi) is 6.93. The first-order valence-corrected chi connectivity index (χ1v) is 9.65. The maximum atomic E-state index is 14.3. The summed E-state index contributed by atoms with van der Waals surface area (Å²) in [5, 5.41) is 0.154. The zero-order valence-electron chi connectivity index (χ0n) is 12.3. The highest BCUT2D eigenvalue weighted by Crippen LogP contribution is 2.27. The second kappa shape index (κ2) is 7.78. The highest BCUT2D eigenvalue weighted by atomic mass is 35.5. The Labute approximate surface area is 134 Å². The summed E-state index contributed by atoms with van der Waals surface area (Å²) in [6.45, 7) is 1.78. The van der Waals surface area contributed by atoms with Crippen LogP contribution in [-0.2, 0) is 16.6 Å². The van der Waals surface area contributed by atoms with Crippen LogP contribution in [0.1, 0.15) is 18.9 Å². The van der Waals surface area contributed by atoms with E-state index < -0.39 is 20.7 Å². The van der Waals surface area contributed by atoms with Crippen molar-refractivity contribution in [2.24, 2.45) is 5.73 Å². The number of sulfonamides is 1. The molecule has 0 bridgehead atoms. The van der Waals surface area contributed by atoms with E-state index in [1.165, 1.54) is 17.4 Å². The Morgan fingerprint density at radius 1 is 1.48 bits per heavy atom. The highest BCUT2D eigenvalue weighted by molar-refractivity contribution is 7.98. The minimum Gasteiger partial charge on any atom is -0.326 e. The van der Waals surface area contributed by atoms with Gasteiger partial charge in [-0.3, -0.25) is 0 Å². The maximum Gasteiger partial charge on any atom is 0.246 e. The van der Waals surface area contributed by atoms with Gasteiger partial charge < -0.3 is 5.73 Å². The van der Waals surface area contributed by atoms with E-state index in [1.54, 1.807) is 11.8 Å². The second-order valence-corrected chi connectivity index (χ2v) is 7.93. The fourth-order valence-electron chi connectivity index (χ4n) is 1.98. The molecule has 1 unspecified atom stereocenters. The van der Waals surface area contributed by atoms with Crippen LogP contribution in [0.15, 0.2) is 17.0 Å². The van der Waals surface area contributed by atoms with E-state index in [-0.39, 0.29) is 23.2 Å². The van der Waals surface area contributed by atoms with Gasteiger partial charge in [0.15, 0.2) is 0 Å². The third kappa shape index (κ3) is 4.10. The monoisotopic (exact) mass is 354 g/mol. The fourth-order valence-corrected chi connectivity index (χ4v) is 4.78. The molecule has 0 aromatic heterocycles. The van der Waals surface area contributed by atoms with Gasteiger partial charge in [0.25, 0.3) is 0 Å². The van der Waals surface area contributed by atoms with Crippen molar-refractivity contribution >= 4 is 33.4 Å². The summed E-state index contributed by atoms with van der Waals surface area (Å²) in [6.07, 6.45) is 2.54. The summed E-state index contributed by atoms with van der Waals surface area (Å²) in [7, 11) is -2.49. The largest absolute Gasteiger partial charge is 0.326 e. The van der Waals surface area contributed by atoms with Crippen LogP contribution < -0.4 is 5.73 Å². The molecule has 0 saturated carbocycles. The lowest BCUT2D eigenvalue weighted by atomic mass is 10.2. The van der Waals surface area contributed by atoms with Gasteiger partial charge in [0, 0.05) is 36.0 Å². The lowest BCUT2D eigenvalue weighted by Crippen LogP contribution is -2.38. The molecule has 8 heteroatoms. The molecular formula is C13H20ClFN2O2S2. The number of thioether (sulfide) groups is 1. The lowest BCUT2D eigenvalue weighted by Gasteiger charge is -2.26. The molecule has 0 amide bonds. The summed E-state index contributed by atoms with van der Waals surface area (Å²) in [6, 6.07) is 2.27. The first kappa shape index (κ1) is 18.7. The molecule has 1 aromatic rings. The Morgan fingerprint density at radius 3 is 2.57 bits per heavy atom. The summed E-state index contributed by atoms with van der Waals surface area (Å²) < 4.78 is 40.8. The van der Waals surface area contributed by atoms with Crippen molar-refractivity contribution in [1.29, 1.82) is 0 Å². The summed E-state index contributed by atoms with van der Waals surface area (Å²) in [4.78, 5) is -0.419. The van der Waals surface area contributed by atoms with Crippen molar-refractivity contribution in [3.8, 4) is 0 Å². The van der Waals surface area contributed by atoms with Crippen molar-refractivity contribution < 1.29 is 12.8 Å². The molecule has 1 rings (SSSR count). The van der Waals surface area contributed by atoms with Gasteiger partial charge in [0.05, 0.1) is 0 Å². The van der Waals surface area contributed by atoms with E-state index in [4.69, 9.17) is 17.3 Å². The lowest BCUT2D eigenvalue weighted by molar-refractivity contribution is 0.382. The van der Waals surface area contributed by atoms with Crippen LogP contribution >= 0.6 is 23.4 Å². The van der Waals surface area contributed by atoms with Crippen LogP contribution in [0.25, 0.3) is 0 Å². The standard InChI is InChI=1S/C13H20ClFN2O2S2/c1-4-11(8-20-3)17(2)21(18,19)12-6-10(14)5-9(7-16)13(12)15/h5-6,11H,4,7-8,16H2,1-3H3. The molecular weight excluding hydrogens is 335 g/mol. The number of nitrogens with two attached hydrogens (primary N) is 1. The first-order chi connectivity index (χ1) is 9.79. The normalized spacial score (nSPS) is 13.7. The van der Waals surface area contributed by atoms with Crippen LogP contribution in [0.5, 0.6) is 0 Å². The van der Waals surface area contributed by atoms with E-state index in [1.807, 2.05) is 13.2 Å². The molecule has 21 heavy (non-hydrogen) atoms. The first-order valence-electron chi connectivity index (χ1n) is 6.44. The zero-order chi connectivity index (χ0) is 16.2. The zero-order valence-corrected chi connectivity index (χ0v) is 14.7. The predicted octanol–water partition coefficient (Wildman–Crippen LogP) is 2.70. The average Bonchev–Trinajstić information content (AvgIpc) is 2.45. The molecule has 2 N–H and O–H groups in total. The summed E-state index contributed by atoms with van der Waals surface area (Å²) in [5.74, 6) is -0.189. The SMILES string of the molecule is CCC(CSC)N(C)S(=O)(=O)c1cc(Cl)cc(CN)c1F. The molecule has 0 heterocycles. The van der Waals surface area contributed by atoms with Crippen LogP contribution in [0.4, 0.5) is 4.39 Å². The summed E-state index contributed by atoms with van der Waals surface area (Å²) >= 11 is 7.42. The molecule has 0 fully saturated rings. The number of benzene rings is 1. The van der Waals surface area contributed by atoms with Crippen molar-refractivity contribution in [1.82, 2.24) is 4.31 Å². The quantitative estimate of drug-likeness (QED) is 0.817. The van der Waals surface area contributed by atoms with Crippen LogP contribution in [0, 0.1) is 5.82 Å². The highest BCUT2D eigenvalue weighted by Gasteiger charge is 2.30. The number of hydrogen-bond acceptors (Lipinski definition) is 4. The van der Waals surface area contributed by atoms with Crippen molar-refractivity contribution in [3.05, 3.63) is 28.5 Å². The van der Waals surface area contributed by atoms with Gasteiger partial charge in [-0.25, -0.2) is 12.8 Å². The maximum absolute atomic E-state index is 14.3. The van der Waals surface area contributed by atoms with E-state index in [9.17, 15) is 12.8 Å². The van der Waals surface area contributed by atoms with E-state index in [0.717, 1.165) is 6.07 Å². The third-order valence-electron chi connectivity index (χ3n) is 3.30. The molecule has 0 aliphatic rings. The van der Waals surface area contributed by atoms with Gasteiger partial charge in [0.2, 0.25) is 10.0 Å². The molecule has 0 saturated heterocycles. The van der Waals surface area contributed by atoms with Crippen LogP contribution in [0.2, 0.25) is 5.02 Å². The molecule has 0 radical (unpaired) electrons. The summed E-state index contributed by atoms with van der Waals surface area (Å²) in [5.41, 5.74) is 5.52. The Bertz CT molecular complexity index is 596. The molecule has 120 valence electrons. The van der Waals surface area contributed by atoms with Crippen molar-refractivity contribution in [2.45, 2.75) is 30.8 Å². The number of halogens is 2. The molecule has 0 aliphatic heterocycles. The Balaban J connectivity index is 3.33. The van der Waals surface area contributed by atoms with Crippen molar-refractivity contribution in [3.63, 3.8) is 0 Å². The third-order valence-corrected chi connectivity index (χ3v) is 6.15. The molecule has 1 aromatic carbocycles. The topological polar surface area (TPSA) is 63.4 Å². The second-order valence-electron chi connectivity index (χ2n) is 4.62. The van der Waals surface area contributed by atoms with Crippen LogP contribution in [-0.4, -0.2) is 37.8 Å². The minimum atomic E-state index is -3.95. The fraction of sp³-hybridized carbons (Fsp3) is 0.538. The molecule has 1 atom stereocenters. The predicted molar refractivity (Wildman–Crippen MR) is 86.7 cm³/mol. The van der Waals surface area contributed by atoms with Gasteiger partial charge in [-0.2, -0.15) is 16.1 Å². The van der Waals surface area contributed by atoms with E-state index in [2.05, 4.69) is 0 Å². The Hall–Kier alpha value is -0.340. The number of hydrogen-bond donors (Lipinski definition) is 1.